The van der Waals surface area contributed by atoms with Crippen LogP contribution in [0.1, 0.15) is 24.5 Å². The average Bonchev–Trinajstić information content (AvgIpc) is 2.47. The van der Waals surface area contributed by atoms with E-state index >= 15 is 0 Å². The summed E-state index contributed by atoms with van der Waals surface area (Å²) in [5.74, 6) is 0.902. The van der Waals surface area contributed by atoms with Crippen molar-refractivity contribution in [2.45, 2.75) is 32.8 Å². The summed E-state index contributed by atoms with van der Waals surface area (Å²) in [5, 5.41) is 0.756. The van der Waals surface area contributed by atoms with Crippen molar-refractivity contribution in [1.29, 1.82) is 0 Å². The zero-order valence-corrected chi connectivity index (χ0v) is 8.69. The first kappa shape index (κ1) is 8.89. The molecule has 0 N–H and O–H groups in total. The lowest BCUT2D eigenvalue weighted by Gasteiger charge is -2.07. The highest BCUT2D eigenvalue weighted by atomic mass is 35.5. The van der Waals surface area contributed by atoms with E-state index in [1.165, 1.54) is 11.1 Å². The van der Waals surface area contributed by atoms with Gasteiger partial charge in [-0.3, -0.25) is 0 Å². The number of halogens is 1. The Hall–Kier alpha value is -0.690. The molecule has 0 saturated heterocycles. The molecule has 13 heavy (non-hydrogen) atoms. The van der Waals surface area contributed by atoms with E-state index in [9.17, 15) is 0 Å². The summed E-state index contributed by atoms with van der Waals surface area (Å²) in [6.45, 7) is 4.20. The molecule has 0 amide bonds. The van der Waals surface area contributed by atoms with Crippen molar-refractivity contribution < 1.29 is 4.74 Å². The van der Waals surface area contributed by atoms with Crippen molar-refractivity contribution in [2.24, 2.45) is 0 Å². The minimum atomic E-state index is 0.328. The van der Waals surface area contributed by atoms with Crippen LogP contribution in [0, 0.1) is 6.92 Å². The predicted octanol–water partition coefficient (Wildman–Crippen LogP) is 3.36. The topological polar surface area (TPSA) is 9.23 Å². The Kier molecular flexibility index (Phi) is 2.20. The van der Waals surface area contributed by atoms with Gasteiger partial charge in [0.25, 0.3) is 0 Å². The first-order valence-corrected chi connectivity index (χ1v) is 5.04. The van der Waals surface area contributed by atoms with Crippen LogP contribution in [0.25, 0.3) is 0 Å². The number of hydrogen-bond acceptors (Lipinski definition) is 1. The van der Waals surface area contributed by atoms with E-state index in [4.69, 9.17) is 16.3 Å². The van der Waals surface area contributed by atoms with Gasteiger partial charge in [0.1, 0.15) is 11.9 Å². The van der Waals surface area contributed by atoms with E-state index in [1.54, 1.807) is 0 Å². The largest absolute Gasteiger partial charge is 0.488 e. The van der Waals surface area contributed by atoms with E-state index in [2.05, 4.69) is 19.9 Å². The van der Waals surface area contributed by atoms with Crippen LogP contribution >= 0.6 is 11.6 Å². The molecule has 0 radical (unpaired) electrons. The van der Waals surface area contributed by atoms with Gasteiger partial charge in [-0.25, -0.2) is 0 Å². The van der Waals surface area contributed by atoms with Crippen LogP contribution in [-0.4, -0.2) is 6.10 Å². The number of ether oxygens (including phenoxy) is 1. The minimum Gasteiger partial charge on any atom is -0.488 e. The normalized spacial score (nSPS) is 19.8. The molecule has 1 nitrogen and oxygen atoms in total. The summed E-state index contributed by atoms with van der Waals surface area (Å²) in [6, 6.07) is 4.12. The summed E-state index contributed by atoms with van der Waals surface area (Å²) in [5.41, 5.74) is 2.47. The van der Waals surface area contributed by atoms with Crippen LogP contribution < -0.4 is 4.74 Å². The third kappa shape index (κ3) is 1.53. The number of benzene rings is 1. The standard InChI is InChI=1S/C11H13ClO/c1-3-9-6-8-4-7(2)5-10(12)11(8)13-9/h4-5,9H,3,6H2,1-2H3. The number of hydrogen-bond donors (Lipinski definition) is 0. The molecule has 70 valence electrons. The first-order chi connectivity index (χ1) is 6.20. The average molecular weight is 197 g/mol. The van der Waals surface area contributed by atoms with Gasteiger partial charge in [-0.1, -0.05) is 24.6 Å². The SMILES string of the molecule is CCC1Cc2cc(C)cc(Cl)c2O1. The van der Waals surface area contributed by atoms with Crippen molar-refractivity contribution in [1.82, 2.24) is 0 Å². The van der Waals surface area contributed by atoms with Crippen molar-refractivity contribution in [2.75, 3.05) is 0 Å². The smallest absolute Gasteiger partial charge is 0.141 e. The molecule has 0 fully saturated rings. The van der Waals surface area contributed by atoms with Crippen molar-refractivity contribution in [3.63, 3.8) is 0 Å². The third-order valence-electron chi connectivity index (χ3n) is 2.45. The summed E-state index contributed by atoms with van der Waals surface area (Å²) >= 11 is 6.07. The molecule has 1 aliphatic rings. The molecule has 0 aromatic heterocycles. The fourth-order valence-corrected chi connectivity index (χ4v) is 2.10. The van der Waals surface area contributed by atoms with Crippen LogP contribution in [0.4, 0.5) is 0 Å². The molecular formula is C11H13ClO. The lowest BCUT2D eigenvalue weighted by atomic mass is 10.1. The van der Waals surface area contributed by atoms with Gasteiger partial charge in [0, 0.05) is 6.42 Å². The summed E-state index contributed by atoms with van der Waals surface area (Å²) in [4.78, 5) is 0. The zero-order chi connectivity index (χ0) is 9.42. The molecule has 1 aromatic rings. The first-order valence-electron chi connectivity index (χ1n) is 4.66. The quantitative estimate of drug-likeness (QED) is 0.669. The number of fused-ring (bicyclic) bond motifs is 1. The van der Waals surface area contributed by atoms with Gasteiger partial charge in [-0.05, 0) is 30.5 Å². The van der Waals surface area contributed by atoms with Gasteiger partial charge in [0.15, 0.2) is 0 Å². The summed E-state index contributed by atoms with van der Waals surface area (Å²) in [7, 11) is 0. The highest BCUT2D eigenvalue weighted by Crippen LogP contribution is 2.37. The maximum absolute atomic E-state index is 6.07. The molecule has 1 aromatic carbocycles. The zero-order valence-electron chi connectivity index (χ0n) is 7.93. The van der Waals surface area contributed by atoms with Crippen LogP contribution in [0.3, 0.4) is 0 Å². The second-order valence-corrected chi connectivity index (χ2v) is 3.99. The molecule has 2 heteroatoms. The Balaban J connectivity index is 2.40. The lowest BCUT2D eigenvalue weighted by Crippen LogP contribution is -2.10. The highest BCUT2D eigenvalue weighted by Gasteiger charge is 2.23. The highest BCUT2D eigenvalue weighted by molar-refractivity contribution is 6.32. The van der Waals surface area contributed by atoms with Gasteiger partial charge < -0.3 is 4.74 Å². The van der Waals surface area contributed by atoms with Gasteiger partial charge in [-0.15, -0.1) is 0 Å². The Morgan fingerprint density at radius 1 is 1.54 bits per heavy atom. The van der Waals surface area contributed by atoms with E-state index in [0.29, 0.717) is 6.10 Å². The van der Waals surface area contributed by atoms with E-state index < -0.39 is 0 Å². The third-order valence-corrected chi connectivity index (χ3v) is 2.73. The fraction of sp³-hybridized carbons (Fsp3) is 0.455. The van der Waals surface area contributed by atoms with E-state index in [0.717, 1.165) is 23.6 Å². The Bertz CT molecular complexity index is 333. The minimum absolute atomic E-state index is 0.328. The Morgan fingerprint density at radius 3 is 3.00 bits per heavy atom. The Labute approximate surface area is 83.7 Å². The van der Waals surface area contributed by atoms with Crippen LogP contribution in [0.2, 0.25) is 5.02 Å². The van der Waals surface area contributed by atoms with Crippen molar-refractivity contribution >= 4 is 11.6 Å². The Morgan fingerprint density at radius 2 is 2.31 bits per heavy atom. The molecule has 0 saturated carbocycles. The molecule has 1 aliphatic heterocycles. The molecular weight excluding hydrogens is 184 g/mol. The summed E-state index contributed by atoms with van der Waals surface area (Å²) in [6.07, 6.45) is 2.38. The molecule has 0 bridgehead atoms. The second-order valence-electron chi connectivity index (χ2n) is 3.59. The van der Waals surface area contributed by atoms with Crippen LogP contribution in [0.5, 0.6) is 5.75 Å². The monoisotopic (exact) mass is 196 g/mol. The molecule has 0 aliphatic carbocycles. The predicted molar refractivity (Wildman–Crippen MR) is 54.6 cm³/mol. The maximum Gasteiger partial charge on any atom is 0.141 e. The number of rotatable bonds is 1. The van der Waals surface area contributed by atoms with Crippen LogP contribution in [-0.2, 0) is 6.42 Å². The van der Waals surface area contributed by atoms with Gasteiger partial charge in [0.2, 0.25) is 0 Å². The van der Waals surface area contributed by atoms with E-state index in [1.807, 2.05) is 6.07 Å². The molecule has 2 rings (SSSR count). The van der Waals surface area contributed by atoms with E-state index in [-0.39, 0.29) is 0 Å². The van der Waals surface area contributed by atoms with Gasteiger partial charge >= 0.3 is 0 Å². The number of aryl methyl sites for hydroxylation is 1. The van der Waals surface area contributed by atoms with Crippen molar-refractivity contribution in [3.8, 4) is 5.75 Å². The molecule has 1 heterocycles. The molecule has 0 spiro atoms. The van der Waals surface area contributed by atoms with Gasteiger partial charge in [0.05, 0.1) is 5.02 Å². The summed E-state index contributed by atoms with van der Waals surface area (Å²) < 4.78 is 5.71. The second kappa shape index (κ2) is 3.22. The lowest BCUT2D eigenvalue weighted by molar-refractivity contribution is 0.228. The maximum atomic E-state index is 6.07. The molecule has 1 atom stereocenters. The fourth-order valence-electron chi connectivity index (χ4n) is 1.77. The van der Waals surface area contributed by atoms with Crippen molar-refractivity contribution in [3.05, 3.63) is 28.3 Å². The van der Waals surface area contributed by atoms with Crippen LogP contribution in [0.15, 0.2) is 12.1 Å². The molecule has 1 unspecified atom stereocenters. The van der Waals surface area contributed by atoms with Gasteiger partial charge in [-0.2, -0.15) is 0 Å².